The number of hydrogen-bond donors (Lipinski definition) is 0. The third-order valence-corrected chi connectivity index (χ3v) is 0.976. The molecule has 3 heteroatoms. The minimum absolute atomic E-state index is 0.268. The molecule has 0 radical (unpaired) electrons. The minimum atomic E-state index is -0.911. The zero-order valence-electron chi connectivity index (χ0n) is 4.40. The van der Waals surface area contributed by atoms with Crippen molar-refractivity contribution in [3.63, 3.8) is 0 Å². The number of rotatable bonds is 2. The molecule has 0 fully saturated rings. The normalized spacial score (nSPS) is 11.0. The highest BCUT2D eigenvalue weighted by Gasteiger charge is 2.04. The van der Waals surface area contributed by atoms with Crippen LogP contribution < -0.4 is 0 Å². The lowest BCUT2D eigenvalue weighted by atomic mass is 10.4. The van der Waals surface area contributed by atoms with Crippen LogP contribution in [0.4, 0.5) is 0 Å². The van der Waals surface area contributed by atoms with Crippen molar-refractivity contribution >= 4 is 29.0 Å². The molecule has 0 amide bonds. The second-order valence-corrected chi connectivity index (χ2v) is 2.30. The van der Waals surface area contributed by atoms with Gasteiger partial charge in [-0.05, 0) is 13.0 Å². The number of allylic oxidation sites excluding steroid dienone is 2. The molecule has 0 N–H and O–H groups in total. The van der Waals surface area contributed by atoms with E-state index in [1.807, 2.05) is 0 Å². The summed E-state index contributed by atoms with van der Waals surface area (Å²) in [6, 6.07) is 0. The van der Waals surface area contributed by atoms with Crippen molar-refractivity contribution in [3.8, 4) is 0 Å². The van der Waals surface area contributed by atoms with E-state index in [9.17, 15) is 4.79 Å². The maximum absolute atomic E-state index is 10.4. The maximum Gasteiger partial charge on any atom is 0.188 e. The molecule has 0 bridgehead atoms. The van der Waals surface area contributed by atoms with E-state index in [1.54, 1.807) is 13.0 Å². The molecule has 0 atom stereocenters. The quantitative estimate of drug-likeness (QED) is 0.437. The van der Waals surface area contributed by atoms with Gasteiger partial charge < -0.3 is 0 Å². The Kier molecular flexibility index (Phi) is 3.92. The first-order valence-electron chi connectivity index (χ1n) is 2.13. The van der Waals surface area contributed by atoms with Crippen molar-refractivity contribution in [1.82, 2.24) is 0 Å². The zero-order valence-corrected chi connectivity index (χ0v) is 5.91. The average Bonchev–Trinajstić information content (AvgIpc) is 1.67. The SMILES string of the molecule is C/C=C/C(=O)C(Cl)Cl. The molecule has 8 heavy (non-hydrogen) atoms. The zero-order chi connectivity index (χ0) is 6.57. The lowest BCUT2D eigenvalue weighted by molar-refractivity contribution is -0.113. The Bertz CT molecular complexity index is 107. The van der Waals surface area contributed by atoms with Crippen LogP contribution >= 0.6 is 23.2 Å². The number of hydrogen-bond acceptors (Lipinski definition) is 1. The second kappa shape index (κ2) is 3.93. The van der Waals surface area contributed by atoms with Crippen LogP contribution in [0.3, 0.4) is 0 Å². The van der Waals surface area contributed by atoms with E-state index in [2.05, 4.69) is 0 Å². The number of alkyl halides is 2. The largest absolute Gasteiger partial charge is 0.292 e. The topological polar surface area (TPSA) is 17.1 Å². The summed E-state index contributed by atoms with van der Waals surface area (Å²) in [5.74, 6) is -0.268. The van der Waals surface area contributed by atoms with Gasteiger partial charge in [-0.15, -0.1) is 0 Å². The first-order chi connectivity index (χ1) is 3.68. The molecular formula is C5H6Cl2O. The molecule has 0 aliphatic carbocycles. The fourth-order valence-corrected chi connectivity index (χ4v) is 0.382. The fraction of sp³-hybridized carbons (Fsp3) is 0.400. The number of carbonyl (C=O) groups excluding carboxylic acids is 1. The summed E-state index contributed by atoms with van der Waals surface area (Å²) >= 11 is 10.3. The molecular weight excluding hydrogens is 147 g/mol. The molecule has 0 saturated heterocycles. The van der Waals surface area contributed by atoms with E-state index < -0.39 is 4.84 Å². The Morgan fingerprint density at radius 1 is 1.62 bits per heavy atom. The summed E-state index contributed by atoms with van der Waals surface area (Å²) in [5, 5.41) is 0. The standard InChI is InChI=1S/C5H6Cl2O/c1-2-3-4(8)5(6)7/h2-3,5H,1H3/b3-2+. The van der Waals surface area contributed by atoms with Gasteiger partial charge in [-0.25, -0.2) is 0 Å². The molecule has 0 heterocycles. The van der Waals surface area contributed by atoms with Crippen molar-refractivity contribution < 1.29 is 4.79 Å². The number of carbonyl (C=O) groups is 1. The Hall–Kier alpha value is -0.0100. The molecule has 0 aliphatic rings. The van der Waals surface area contributed by atoms with Crippen molar-refractivity contribution in [3.05, 3.63) is 12.2 Å². The summed E-state index contributed by atoms with van der Waals surface area (Å²) < 4.78 is 0. The van der Waals surface area contributed by atoms with Crippen LogP contribution in [0.1, 0.15) is 6.92 Å². The predicted octanol–water partition coefficient (Wildman–Crippen LogP) is 1.94. The Balaban J connectivity index is 3.66. The van der Waals surface area contributed by atoms with Gasteiger partial charge in [0.1, 0.15) is 0 Å². The van der Waals surface area contributed by atoms with Gasteiger partial charge in [-0.1, -0.05) is 29.3 Å². The van der Waals surface area contributed by atoms with Gasteiger partial charge in [0, 0.05) is 0 Å². The van der Waals surface area contributed by atoms with Crippen molar-refractivity contribution in [2.24, 2.45) is 0 Å². The van der Waals surface area contributed by atoms with Crippen LogP contribution in [0.15, 0.2) is 12.2 Å². The van der Waals surface area contributed by atoms with E-state index in [0.29, 0.717) is 0 Å². The molecule has 0 saturated carbocycles. The lowest BCUT2D eigenvalue weighted by Gasteiger charge is -1.88. The maximum atomic E-state index is 10.4. The smallest absolute Gasteiger partial charge is 0.188 e. The van der Waals surface area contributed by atoms with Gasteiger partial charge in [0.2, 0.25) is 0 Å². The van der Waals surface area contributed by atoms with Gasteiger partial charge >= 0.3 is 0 Å². The van der Waals surface area contributed by atoms with Crippen molar-refractivity contribution in [1.29, 1.82) is 0 Å². The van der Waals surface area contributed by atoms with Gasteiger partial charge in [-0.3, -0.25) is 4.79 Å². The van der Waals surface area contributed by atoms with Crippen LogP contribution in [0.25, 0.3) is 0 Å². The second-order valence-electron chi connectivity index (χ2n) is 1.20. The molecule has 0 spiro atoms. The predicted molar refractivity (Wildman–Crippen MR) is 35.3 cm³/mol. The van der Waals surface area contributed by atoms with Gasteiger partial charge in [0.05, 0.1) is 0 Å². The lowest BCUT2D eigenvalue weighted by Crippen LogP contribution is -2.01. The third-order valence-electron chi connectivity index (χ3n) is 0.546. The molecule has 0 aromatic heterocycles. The fourth-order valence-electron chi connectivity index (χ4n) is 0.237. The van der Waals surface area contributed by atoms with E-state index in [1.165, 1.54) is 6.08 Å². The van der Waals surface area contributed by atoms with Crippen LogP contribution in [0.2, 0.25) is 0 Å². The molecule has 46 valence electrons. The van der Waals surface area contributed by atoms with Crippen molar-refractivity contribution in [2.75, 3.05) is 0 Å². The first kappa shape index (κ1) is 7.99. The first-order valence-corrected chi connectivity index (χ1v) is 3.00. The third kappa shape index (κ3) is 3.05. The Labute approximate surface area is 58.3 Å². The Morgan fingerprint density at radius 2 is 2.12 bits per heavy atom. The van der Waals surface area contributed by atoms with E-state index in [0.717, 1.165) is 0 Å². The van der Waals surface area contributed by atoms with Crippen LogP contribution in [0, 0.1) is 0 Å². The van der Waals surface area contributed by atoms with E-state index in [-0.39, 0.29) is 5.78 Å². The minimum Gasteiger partial charge on any atom is -0.292 e. The highest BCUT2D eigenvalue weighted by Crippen LogP contribution is 2.02. The average molecular weight is 153 g/mol. The summed E-state index contributed by atoms with van der Waals surface area (Å²) in [6.45, 7) is 1.73. The van der Waals surface area contributed by atoms with Crippen molar-refractivity contribution in [2.45, 2.75) is 11.8 Å². The molecule has 0 aromatic carbocycles. The summed E-state index contributed by atoms with van der Waals surface area (Å²) in [5.41, 5.74) is 0. The van der Waals surface area contributed by atoms with Crippen LogP contribution in [0.5, 0.6) is 0 Å². The van der Waals surface area contributed by atoms with Crippen LogP contribution in [-0.2, 0) is 4.79 Å². The van der Waals surface area contributed by atoms with Gasteiger partial charge in [-0.2, -0.15) is 0 Å². The summed E-state index contributed by atoms with van der Waals surface area (Å²) in [7, 11) is 0. The molecule has 1 nitrogen and oxygen atoms in total. The summed E-state index contributed by atoms with van der Waals surface area (Å²) in [6.07, 6.45) is 2.94. The van der Waals surface area contributed by atoms with E-state index >= 15 is 0 Å². The molecule has 0 rings (SSSR count). The molecule has 0 aliphatic heterocycles. The van der Waals surface area contributed by atoms with Gasteiger partial charge in [0.25, 0.3) is 0 Å². The Morgan fingerprint density at radius 3 is 2.25 bits per heavy atom. The highest BCUT2D eigenvalue weighted by atomic mass is 35.5. The van der Waals surface area contributed by atoms with E-state index in [4.69, 9.17) is 23.2 Å². The monoisotopic (exact) mass is 152 g/mol. The number of halogens is 2. The highest BCUT2D eigenvalue weighted by molar-refractivity contribution is 6.54. The van der Waals surface area contributed by atoms with Gasteiger partial charge in [0.15, 0.2) is 10.6 Å². The van der Waals surface area contributed by atoms with Crippen LogP contribution in [-0.4, -0.2) is 10.6 Å². The summed E-state index contributed by atoms with van der Waals surface area (Å²) in [4.78, 5) is 9.48. The molecule has 0 aromatic rings. The number of ketones is 1. The molecule has 0 unspecified atom stereocenters.